The van der Waals surface area contributed by atoms with Crippen molar-refractivity contribution >= 4 is 45.7 Å². The minimum atomic E-state index is -0.0123. The average Bonchev–Trinajstić information content (AvgIpc) is 2.59. The molecule has 0 aliphatic rings. The number of benzene rings is 2. The van der Waals surface area contributed by atoms with Crippen molar-refractivity contribution in [2.45, 2.75) is 26.9 Å². The summed E-state index contributed by atoms with van der Waals surface area (Å²) in [7, 11) is 1.42. The van der Waals surface area contributed by atoms with E-state index in [9.17, 15) is 5.21 Å². The highest BCUT2D eigenvalue weighted by Gasteiger charge is 2.17. The first-order chi connectivity index (χ1) is 11.5. The Morgan fingerprint density at radius 2 is 2.04 bits per heavy atom. The molecule has 0 amide bonds. The molecule has 2 aromatic carbocycles. The fourth-order valence-corrected chi connectivity index (χ4v) is 3.05. The zero-order chi connectivity index (χ0) is 17.7. The lowest BCUT2D eigenvalue weighted by molar-refractivity contribution is 0.264. The van der Waals surface area contributed by atoms with Crippen LogP contribution in [0.1, 0.15) is 23.6 Å². The average molecular weight is 457 g/mol. The zero-order valence-electron chi connectivity index (χ0n) is 13.9. The van der Waals surface area contributed by atoms with E-state index in [4.69, 9.17) is 21.7 Å². The Bertz CT molecular complexity index is 736. The molecule has 0 radical (unpaired) electrons. The number of aryl methyl sites for hydroxylation is 2. The summed E-state index contributed by atoms with van der Waals surface area (Å²) in [4.78, 5) is 0. The SMILES string of the molecule is CCc1ccc(OCc2c(I)cccc2N(O)C(=S)OC)c(C)c1. The molecule has 0 aliphatic heterocycles. The maximum absolute atomic E-state index is 10.2. The smallest absolute Gasteiger partial charge is 0.288 e. The molecule has 0 fully saturated rings. The van der Waals surface area contributed by atoms with E-state index in [1.807, 2.05) is 25.1 Å². The van der Waals surface area contributed by atoms with Crippen LogP contribution < -0.4 is 9.80 Å². The molecule has 24 heavy (non-hydrogen) atoms. The van der Waals surface area contributed by atoms with Gasteiger partial charge in [0.15, 0.2) is 0 Å². The van der Waals surface area contributed by atoms with Gasteiger partial charge in [-0.3, -0.25) is 5.21 Å². The number of methoxy groups -OCH3 is 1. The lowest BCUT2D eigenvalue weighted by Gasteiger charge is -2.21. The monoisotopic (exact) mass is 457 g/mol. The second-order valence-electron chi connectivity index (χ2n) is 5.26. The third kappa shape index (κ3) is 4.37. The standard InChI is InChI=1S/C18H20INO3S/c1-4-13-8-9-17(12(2)10-13)23-11-14-15(19)6-5-7-16(14)20(21)18(24)22-3/h5-10,21H,4,11H2,1-3H3. The van der Waals surface area contributed by atoms with Gasteiger partial charge in [-0.15, -0.1) is 0 Å². The summed E-state index contributed by atoms with van der Waals surface area (Å²) in [6.45, 7) is 4.48. The molecule has 0 saturated carbocycles. The van der Waals surface area contributed by atoms with E-state index in [0.29, 0.717) is 12.3 Å². The van der Waals surface area contributed by atoms with Crippen LogP contribution in [0.25, 0.3) is 0 Å². The first-order valence-electron chi connectivity index (χ1n) is 7.54. The van der Waals surface area contributed by atoms with Crippen molar-refractivity contribution in [2.24, 2.45) is 0 Å². The van der Waals surface area contributed by atoms with Crippen molar-refractivity contribution in [1.82, 2.24) is 0 Å². The molecule has 0 heterocycles. The van der Waals surface area contributed by atoms with Gasteiger partial charge in [-0.05, 0) is 77.5 Å². The summed E-state index contributed by atoms with van der Waals surface area (Å²) in [6, 6.07) is 11.8. The molecule has 0 saturated heterocycles. The molecule has 0 bridgehead atoms. The van der Waals surface area contributed by atoms with Gasteiger partial charge in [0.05, 0.1) is 12.8 Å². The lowest BCUT2D eigenvalue weighted by Crippen LogP contribution is -2.28. The number of hydrogen-bond donors (Lipinski definition) is 1. The Kier molecular flexibility index (Phi) is 6.82. The van der Waals surface area contributed by atoms with Gasteiger partial charge in [0.25, 0.3) is 5.17 Å². The number of ether oxygens (including phenoxy) is 2. The van der Waals surface area contributed by atoms with Crippen LogP contribution in [0.3, 0.4) is 0 Å². The Balaban J connectivity index is 2.25. The fraction of sp³-hybridized carbons (Fsp3) is 0.278. The van der Waals surface area contributed by atoms with Crippen LogP contribution in [0, 0.1) is 10.5 Å². The van der Waals surface area contributed by atoms with Gasteiger partial charge in [0, 0.05) is 9.13 Å². The number of nitrogens with zero attached hydrogens (tertiary/aromatic N) is 1. The maximum atomic E-state index is 10.2. The quantitative estimate of drug-likeness (QED) is 0.394. The summed E-state index contributed by atoms with van der Waals surface area (Å²) in [5, 5.41) is 11.1. The van der Waals surface area contributed by atoms with Crippen LogP contribution in [0.5, 0.6) is 5.75 Å². The molecule has 2 rings (SSSR count). The first kappa shape index (κ1) is 19.0. The van der Waals surface area contributed by atoms with E-state index in [-0.39, 0.29) is 5.17 Å². The molecule has 0 atom stereocenters. The molecule has 6 heteroatoms. The van der Waals surface area contributed by atoms with Crippen LogP contribution in [-0.4, -0.2) is 17.5 Å². The summed E-state index contributed by atoms with van der Waals surface area (Å²) < 4.78 is 11.9. The highest BCUT2D eigenvalue weighted by atomic mass is 127. The number of halogens is 1. The summed E-state index contributed by atoms with van der Waals surface area (Å²) in [5.74, 6) is 0.830. The molecule has 1 N–H and O–H groups in total. The van der Waals surface area contributed by atoms with Gasteiger partial charge >= 0.3 is 0 Å². The lowest BCUT2D eigenvalue weighted by atomic mass is 10.1. The molecule has 2 aromatic rings. The molecular weight excluding hydrogens is 437 g/mol. The van der Waals surface area contributed by atoms with Gasteiger partial charge in [-0.25, -0.2) is 0 Å². The molecule has 0 unspecified atom stereocenters. The summed E-state index contributed by atoms with van der Waals surface area (Å²) >= 11 is 7.22. The van der Waals surface area contributed by atoms with E-state index in [1.165, 1.54) is 12.7 Å². The van der Waals surface area contributed by atoms with Crippen molar-refractivity contribution in [1.29, 1.82) is 0 Å². The molecule has 0 aromatic heterocycles. The highest BCUT2D eigenvalue weighted by Crippen LogP contribution is 2.28. The number of hydroxylamine groups is 1. The Morgan fingerprint density at radius 1 is 1.29 bits per heavy atom. The summed E-state index contributed by atoms with van der Waals surface area (Å²) in [6.07, 6.45) is 0.996. The summed E-state index contributed by atoms with van der Waals surface area (Å²) in [5.41, 5.74) is 3.77. The molecule has 0 spiro atoms. The second-order valence-corrected chi connectivity index (χ2v) is 6.77. The van der Waals surface area contributed by atoms with Crippen molar-refractivity contribution in [3.63, 3.8) is 0 Å². The third-order valence-electron chi connectivity index (χ3n) is 3.69. The van der Waals surface area contributed by atoms with Gasteiger partial charge < -0.3 is 9.47 Å². The van der Waals surface area contributed by atoms with Gasteiger partial charge in [0.1, 0.15) is 12.4 Å². The fourth-order valence-electron chi connectivity index (χ4n) is 2.32. The van der Waals surface area contributed by atoms with Crippen molar-refractivity contribution < 1.29 is 14.7 Å². The van der Waals surface area contributed by atoms with E-state index in [0.717, 1.165) is 31.9 Å². The Labute approximate surface area is 161 Å². The Hall–Kier alpha value is -1.38. The molecule has 4 nitrogen and oxygen atoms in total. The van der Waals surface area contributed by atoms with Crippen molar-refractivity contribution in [3.05, 3.63) is 56.7 Å². The van der Waals surface area contributed by atoms with Gasteiger partial charge in [0.2, 0.25) is 0 Å². The normalized spacial score (nSPS) is 10.4. The predicted octanol–water partition coefficient (Wildman–Crippen LogP) is 4.87. The number of thiocarbonyl (C=S) groups is 1. The van der Waals surface area contributed by atoms with Crippen molar-refractivity contribution in [3.8, 4) is 5.75 Å². The maximum Gasteiger partial charge on any atom is 0.288 e. The minimum absolute atomic E-state index is 0.0123. The molecule has 128 valence electrons. The van der Waals surface area contributed by atoms with E-state index >= 15 is 0 Å². The van der Waals surface area contributed by atoms with Crippen LogP contribution in [0.15, 0.2) is 36.4 Å². The van der Waals surface area contributed by atoms with Gasteiger partial charge in [-0.1, -0.05) is 25.1 Å². The number of hydrogen-bond acceptors (Lipinski definition) is 4. The predicted molar refractivity (Wildman–Crippen MR) is 108 cm³/mol. The third-order valence-corrected chi connectivity index (χ3v) is 5.04. The van der Waals surface area contributed by atoms with Crippen LogP contribution in [-0.2, 0) is 17.8 Å². The topological polar surface area (TPSA) is 41.9 Å². The highest BCUT2D eigenvalue weighted by molar-refractivity contribution is 14.1. The minimum Gasteiger partial charge on any atom is -0.489 e. The number of rotatable bonds is 5. The van der Waals surface area contributed by atoms with Gasteiger partial charge in [-0.2, -0.15) is 5.06 Å². The van der Waals surface area contributed by atoms with Crippen LogP contribution >= 0.6 is 34.8 Å². The first-order valence-corrected chi connectivity index (χ1v) is 9.03. The molecular formula is C18H20INO3S. The van der Waals surface area contributed by atoms with E-state index in [1.54, 1.807) is 6.07 Å². The van der Waals surface area contributed by atoms with Crippen molar-refractivity contribution in [2.75, 3.05) is 12.2 Å². The zero-order valence-corrected chi connectivity index (χ0v) is 16.8. The van der Waals surface area contributed by atoms with E-state index < -0.39 is 0 Å². The molecule has 0 aliphatic carbocycles. The second kappa shape index (κ2) is 8.64. The Morgan fingerprint density at radius 3 is 2.67 bits per heavy atom. The van der Waals surface area contributed by atoms with Crippen LogP contribution in [0.4, 0.5) is 5.69 Å². The van der Waals surface area contributed by atoms with Crippen LogP contribution in [0.2, 0.25) is 0 Å². The number of anilines is 1. The van der Waals surface area contributed by atoms with E-state index in [2.05, 4.69) is 41.6 Å². The largest absolute Gasteiger partial charge is 0.489 e.